The Morgan fingerprint density at radius 3 is 2.70 bits per heavy atom. The lowest BCUT2D eigenvalue weighted by molar-refractivity contribution is 0.962. The topological polar surface area (TPSA) is 54.8 Å². The van der Waals surface area contributed by atoms with Crippen LogP contribution in [0.3, 0.4) is 0 Å². The fraction of sp³-hybridized carbons (Fsp3) is 0.143. The highest BCUT2D eigenvalue weighted by molar-refractivity contribution is 6.28. The van der Waals surface area contributed by atoms with Gasteiger partial charge >= 0.3 is 0 Å². The summed E-state index contributed by atoms with van der Waals surface area (Å²) in [6.07, 6.45) is 1.76. The average Bonchev–Trinajstić information content (AvgIpc) is 2.46. The van der Waals surface area contributed by atoms with Gasteiger partial charge in [-0.3, -0.25) is 4.98 Å². The highest BCUT2D eigenvalue weighted by Crippen LogP contribution is 2.22. The molecule has 5 nitrogen and oxygen atoms in total. The van der Waals surface area contributed by atoms with Crippen LogP contribution in [0.4, 0.5) is 5.95 Å². The highest BCUT2D eigenvalue weighted by Gasteiger charge is 2.09. The van der Waals surface area contributed by atoms with E-state index in [2.05, 4.69) is 19.9 Å². The lowest BCUT2D eigenvalue weighted by Crippen LogP contribution is -2.13. The molecule has 0 spiro atoms. The maximum atomic E-state index is 5.96. The van der Waals surface area contributed by atoms with E-state index in [-0.39, 0.29) is 5.28 Å². The summed E-state index contributed by atoms with van der Waals surface area (Å²) in [6, 6.07) is 9.81. The minimum atomic E-state index is 0.180. The zero-order valence-corrected chi connectivity index (χ0v) is 11.8. The molecule has 0 aliphatic rings. The monoisotopic (exact) mass is 285 g/mol. The molecule has 3 rings (SSSR count). The van der Waals surface area contributed by atoms with Crippen LogP contribution in [0, 0.1) is 0 Å². The Kier molecular flexibility index (Phi) is 3.20. The SMILES string of the molecule is CN(C)c1nc(Cl)nc(-c2ccc3cccnc3c2)n1. The van der Waals surface area contributed by atoms with Gasteiger partial charge in [-0.05, 0) is 23.7 Å². The average molecular weight is 286 g/mol. The van der Waals surface area contributed by atoms with Crippen molar-refractivity contribution >= 4 is 28.5 Å². The lowest BCUT2D eigenvalue weighted by atomic mass is 10.1. The molecule has 0 fully saturated rings. The Morgan fingerprint density at radius 1 is 1.05 bits per heavy atom. The van der Waals surface area contributed by atoms with Crippen molar-refractivity contribution in [3.8, 4) is 11.4 Å². The van der Waals surface area contributed by atoms with Gasteiger partial charge in [0.1, 0.15) is 0 Å². The van der Waals surface area contributed by atoms with Gasteiger partial charge in [-0.25, -0.2) is 0 Å². The summed E-state index contributed by atoms with van der Waals surface area (Å²) in [5.41, 5.74) is 1.76. The van der Waals surface area contributed by atoms with Crippen molar-refractivity contribution in [2.24, 2.45) is 0 Å². The van der Waals surface area contributed by atoms with Crippen LogP contribution in [0.25, 0.3) is 22.3 Å². The van der Waals surface area contributed by atoms with Crippen LogP contribution >= 0.6 is 11.6 Å². The fourth-order valence-corrected chi connectivity index (χ4v) is 2.03. The standard InChI is InChI=1S/C14H12ClN5/c1-20(2)14-18-12(17-13(15)19-14)10-6-5-9-4-3-7-16-11(9)8-10/h3-8H,1-2H3. The van der Waals surface area contributed by atoms with Crippen molar-refractivity contribution in [2.45, 2.75) is 0 Å². The fourth-order valence-electron chi connectivity index (χ4n) is 1.87. The van der Waals surface area contributed by atoms with Crippen molar-refractivity contribution in [3.05, 3.63) is 41.8 Å². The first-order chi connectivity index (χ1) is 9.63. The van der Waals surface area contributed by atoms with Crippen LogP contribution in [0.15, 0.2) is 36.5 Å². The van der Waals surface area contributed by atoms with Gasteiger partial charge in [-0.2, -0.15) is 15.0 Å². The molecule has 0 saturated heterocycles. The van der Waals surface area contributed by atoms with Gasteiger partial charge in [0, 0.05) is 31.2 Å². The Balaban J connectivity index is 2.15. The number of halogens is 1. The molecular weight excluding hydrogens is 274 g/mol. The third-order valence-corrected chi connectivity index (χ3v) is 3.03. The van der Waals surface area contributed by atoms with Gasteiger partial charge in [-0.15, -0.1) is 0 Å². The van der Waals surface area contributed by atoms with Gasteiger partial charge in [0.05, 0.1) is 5.52 Å². The highest BCUT2D eigenvalue weighted by atomic mass is 35.5. The number of nitrogens with zero attached hydrogens (tertiary/aromatic N) is 5. The molecule has 2 aromatic heterocycles. The summed E-state index contributed by atoms with van der Waals surface area (Å²) in [7, 11) is 3.72. The maximum Gasteiger partial charge on any atom is 0.229 e. The number of hydrogen-bond acceptors (Lipinski definition) is 5. The van der Waals surface area contributed by atoms with Crippen LogP contribution in [0.2, 0.25) is 5.28 Å². The van der Waals surface area contributed by atoms with E-state index in [4.69, 9.17) is 11.6 Å². The minimum Gasteiger partial charge on any atom is -0.347 e. The molecule has 0 amide bonds. The second-order valence-electron chi connectivity index (χ2n) is 4.53. The molecule has 0 N–H and O–H groups in total. The third-order valence-electron chi connectivity index (χ3n) is 2.86. The molecule has 0 radical (unpaired) electrons. The summed E-state index contributed by atoms with van der Waals surface area (Å²) in [6.45, 7) is 0. The molecule has 2 heterocycles. The maximum absolute atomic E-state index is 5.96. The van der Waals surface area contributed by atoms with Crippen molar-refractivity contribution in [1.82, 2.24) is 19.9 Å². The number of pyridine rings is 1. The molecular formula is C14H12ClN5. The van der Waals surface area contributed by atoms with Crippen molar-refractivity contribution in [3.63, 3.8) is 0 Å². The van der Waals surface area contributed by atoms with Crippen LogP contribution in [-0.4, -0.2) is 34.0 Å². The smallest absolute Gasteiger partial charge is 0.229 e. The van der Waals surface area contributed by atoms with E-state index in [0.29, 0.717) is 11.8 Å². The second-order valence-corrected chi connectivity index (χ2v) is 4.87. The molecule has 0 aliphatic heterocycles. The summed E-state index contributed by atoms with van der Waals surface area (Å²) in [5.74, 6) is 1.07. The molecule has 1 aromatic carbocycles. The number of rotatable bonds is 2. The van der Waals surface area contributed by atoms with Crippen molar-refractivity contribution < 1.29 is 0 Å². The van der Waals surface area contributed by atoms with E-state index in [1.54, 1.807) is 11.1 Å². The molecule has 0 saturated carbocycles. The second kappa shape index (κ2) is 5.02. The van der Waals surface area contributed by atoms with E-state index in [0.717, 1.165) is 16.5 Å². The minimum absolute atomic E-state index is 0.180. The third kappa shape index (κ3) is 2.40. The Hall–Kier alpha value is -2.27. The number of aromatic nitrogens is 4. The normalized spacial score (nSPS) is 10.8. The van der Waals surface area contributed by atoms with Gasteiger partial charge in [0.25, 0.3) is 0 Å². The van der Waals surface area contributed by atoms with Gasteiger partial charge in [0.15, 0.2) is 5.82 Å². The molecule has 3 aromatic rings. The zero-order chi connectivity index (χ0) is 14.1. The number of anilines is 1. The summed E-state index contributed by atoms with van der Waals surface area (Å²) >= 11 is 5.96. The van der Waals surface area contributed by atoms with Crippen molar-refractivity contribution in [2.75, 3.05) is 19.0 Å². The van der Waals surface area contributed by atoms with Crippen LogP contribution in [0.1, 0.15) is 0 Å². The van der Waals surface area contributed by atoms with Crippen molar-refractivity contribution in [1.29, 1.82) is 0 Å². The van der Waals surface area contributed by atoms with E-state index >= 15 is 0 Å². The Bertz CT molecular complexity index is 772. The van der Waals surface area contributed by atoms with E-state index in [9.17, 15) is 0 Å². The zero-order valence-electron chi connectivity index (χ0n) is 11.1. The number of hydrogen-bond donors (Lipinski definition) is 0. The Labute approximate surface area is 121 Å². The van der Waals surface area contributed by atoms with E-state index < -0.39 is 0 Å². The molecule has 100 valence electrons. The molecule has 0 aliphatic carbocycles. The predicted molar refractivity (Wildman–Crippen MR) is 79.9 cm³/mol. The summed E-state index contributed by atoms with van der Waals surface area (Å²) in [4.78, 5) is 18.8. The van der Waals surface area contributed by atoms with Gasteiger partial charge in [0.2, 0.25) is 11.2 Å². The lowest BCUT2D eigenvalue weighted by Gasteiger charge is -2.11. The molecule has 20 heavy (non-hydrogen) atoms. The molecule has 0 unspecified atom stereocenters. The predicted octanol–water partition coefficient (Wildman–Crippen LogP) is 2.81. The van der Waals surface area contributed by atoms with E-state index in [1.807, 2.05) is 44.4 Å². The van der Waals surface area contributed by atoms with Gasteiger partial charge < -0.3 is 4.90 Å². The molecule has 6 heteroatoms. The first-order valence-corrected chi connectivity index (χ1v) is 6.45. The summed E-state index contributed by atoms with van der Waals surface area (Å²) < 4.78 is 0. The molecule has 0 bridgehead atoms. The van der Waals surface area contributed by atoms with E-state index in [1.165, 1.54) is 0 Å². The number of fused-ring (bicyclic) bond motifs is 1. The number of benzene rings is 1. The van der Waals surface area contributed by atoms with Gasteiger partial charge in [-0.1, -0.05) is 18.2 Å². The largest absolute Gasteiger partial charge is 0.347 e. The van der Waals surface area contributed by atoms with Crippen LogP contribution < -0.4 is 4.90 Å². The quantitative estimate of drug-likeness (QED) is 0.725. The first kappa shape index (κ1) is 12.7. The first-order valence-electron chi connectivity index (χ1n) is 6.07. The Morgan fingerprint density at radius 2 is 1.90 bits per heavy atom. The molecule has 0 atom stereocenters. The summed E-state index contributed by atoms with van der Waals surface area (Å²) in [5, 5.41) is 1.25. The van der Waals surface area contributed by atoms with Crippen LogP contribution in [0.5, 0.6) is 0 Å². The van der Waals surface area contributed by atoms with Crippen LogP contribution in [-0.2, 0) is 0 Å².